The van der Waals surface area contributed by atoms with Gasteiger partial charge >= 0.3 is 0 Å². The van der Waals surface area contributed by atoms with Gasteiger partial charge in [-0.1, -0.05) is 12.2 Å². The van der Waals surface area contributed by atoms with Crippen molar-refractivity contribution < 1.29 is 0 Å². The Morgan fingerprint density at radius 3 is 2.44 bits per heavy atom. The molecule has 0 spiro atoms. The monoisotopic (exact) mass is 125 g/mol. The first-order valence-electron chi connectivity index (χ1n) is 3.31. The summed E-state index contributed by atoms with van der Waals surface area (Å²) < 4.78 is 0. The Labute approximate surface area is 57.7 Å². The molecule has 0 radical (unpaired) electrons. The van der Waals surface area contributed by atoms with E-state index >= 15 is 0 Å². The van der Waals surface area contributed by atoms with Gasteiger partial charge in [0, 0.05) is 13.6 Å². The predicted molar refractivity (Wildman–Crippen MR) is 42.3 cm³/mol. The normalized spacial score (nSPS) is 11.4. The van der Waals surface area contributed by atoms with E-state index in [1.165, 1.54) is 0 Å². The smallest absolute Gasteiger partial charge is 0.0140 e. The number of hydrogen-bond donors (Lipinski definition) is 0. The van der Waals surface area contributed by atoms with E-state index in [1.54, 1.807) is 0 Å². The molecule has 0 aromatic rings. The minimum atomic E-state index is 1.06. The Hall–Kier alpha value is -0.720. The molecule has 0 aliphatic heterocycles. The van der Waals surface area contributed by atoms with Crippen LogP contribution in [0.4, 0.5) is 0 Å². The molecule has 0 atom stereocenters. The van der Waals surface area contributed by atoms with Crippen LogP contribution in [0.5, 0.6) is 0 Å². The maximum Gasteiger partial charge on any atom is 0.0140 e. The van der Waals surface area contributed by atoms with Crippen LogP contribution in [0, 0.1) is 0 Å². The largest absolute Gasteiger partial charge is 0.381 e. The number of hydrogen-bond acceptors (Lipinski definition) is 1. The maximum atomic E-state index is 2.12. The van der Waals surface area contributed by atoms with E-state index in [2.05, 4.69) is 25.1 Å². The molecule has 0 saturated carbocycles. The molecule has 0 amide bonds. The fraction of sp³-hybridized carbons (Fsp3) is 0.500. The highest BCUT2D eigenvalue weighted by Crippen LogP contribution is 1.82. The van der Waals surface area contributed by atoms with Gasteiger partial charge in [-0.05, 0) is 26.1 Å². The van der Waals surface area contributed by atoms with Crippen molar-refractivity contribution in [2.24, 2.45) is 0 Å². The molecule has 1 heteroatoms. The summed E-state index contributed by atoms with van der Waals surface area (Å²) in [5, 5.41) is 0. The molecular weight excluding hydrogens is 110 g/mol. The lowest BCUT2D eigenvalue weighted by atomic mass is 10.5. The zero-order valence-electron chi connectivity index (χ0n) is 6.46. The van der Waals surface area contributed by atoms with E-state index in [0.29, 0.717) is 0 Å². The Bertz CT molecular complexity index is 103. The number of rotatable bonds is 3. The van der Waals surface area contributed by atoms with Gasteiger partial charge in [0.15, 0.2) is 0 Å². The lowest BCUT2D eigenvalue weighted by molar-refractivity contribution is 0.484. The summed E-state index contributed by atoms with van der Waals surface area (Å²) in [6.45, 7) is 5.20. The minimum Gasteiger partial charge on any atom is -0.381 e. The fourth-order valence-corrected chi connectivity index (χ4v) is 0.413. The van der Waals surface area contributed by atoms with Crippen molar-refractivity contribution in [3.05, 3.63) is 24.4 Å². The summed E-state index contributed by atoms with van der Waals surface area (Å²) in [4.78, 5) is 2.12. The Morgan fingerprint density at radius 1 is 1.33 bits per heavy atom. The SMILES string of the molecule is CC=CC=CN(C)CC. The standard InChI is InChI=1S/C8H15N/c1-4-6-7-8-9(3)5-2/h4,6-8H,5H2,1-3H3. The third-order valence-corrected chi connectivity index (χ3v) is 1.14. The summed E-state index contributed by atoms with van der Waals surface area (Å²) in [6.07, 6.45) is 8.12. The topological polar surface area (TPSA) is 3.24 Å². The predicted octanol–water partition coefficient (Wildman–Crippen LogP) is 2.03. The molecule has 0 unspecified atom stereocenters. The van der Waals surface area contributed by atoms with Gasteiger partial charge in [0.2, 0.25) is 0 Å². The van der Waals surface area contributed by atoms with Crippen LogP contribution in [0.2, 0.25) is 0 Å². The van der Waals surface area contributed by atoms with Crippen molar-refractivity contribution in [3.8, 4) is 0 Å². The van der Waals surface area contributed by atoms with Crippen LogP contribution in [0.15, 0.2) is 24.4 Å². The number of allylic oxidation sites excluding steroid dienone is 3. The van der Waals surface area contributed by atoms with Crippen molar-refractivity contribution in [2.75, 3.05) is 13.6 Å². The molecule has 0 fully saturated rings. The lowest BCUT2D eigenvalue weighted by Gasteiger charge is -2.07. The van der Waals surface area contributed by atoms with Crippen molar-refractivity contribution >= 4 is 0 Å². The second kappa shape index (κ2) is 5.42. The Kier molecular flexibility index (Phi) is 4.98. The van der Waals surface area contributed by atoms with Gasteiger partial charge in [-0.2, -0.15) is 0 Å². The van der Waals surface area contributed by atoms with Crippen LogP contribution in [0.25, 0.3) is 0 Å². The lowest BCUT2D eigenvalue weighted by Crippen LogP contribution is -2.07. The van der Waals surface area contributed by atoms with Crippen LogP contribution in [0.1, 0.15) is 13.8 Å². The van der Waals surface area contributed by atoms with Gasteiger partial charge in [-0.3, -0.25) is 0 Å². The molecule has 9 heavy (non-hydrogen) atoms. The van der Waals surface area contributed by atoms with Gasteiger partial charge in [0.1, 0.15) is 0 Å². The molecule has 0 bridgehead atoms. The van der Waals surface area contributed by atoms with Crippen molar-refractivity contribution in [1.82, 2.24) is 4.90 Å². The van der Waals surface area contributed by atoms with Crippen LogP contribution in [-0.2, 0) is 0 Å². The van der Waals surface area contributed by atoms with Gasteiger partial charge in [0.25, 0.3) is 0 Å². The molecule has 0 aliphatic carbocycles. The van der Waals surface area contributed by atoms with E-state index in [9.17, 15) is 0 Å². The molecule has 0 heterocycles. The van der Waals surface area contributed by atoms with Crippen molar-refractivity contribution in [3.63, 3.8) is 0 Å². The molecule has 0 aromatic carbocycles. The minimum absolute atomic E-state index is 1.06. The van der Waals surface area contributed by atoms with Gasteiger partial charge < -0.3 is 4.90 Å². The van der Waals surface area contributed by atoms with Crippen LogP contribution in [-0.4, -0.2) is 18.5 Å². The maximum absolute atomic E-state index is 2.12. The quantitative estimate of drug-likeness (QED) is 0.522. The molecule has 0 saturated heterocycles. The Balaban J connectivity index is 3.43. The zero-order chi connectivity index (χ0) is 7.11. The average Bonchev–Trinajstić information content (AvgIpc) is 1.89. The van der Waals surface area contributed by atoms with E-state index in [4.69, 9.17) is 0 Å². The summed E-state index contributed by atoms with van der Waals surface area (Å²) in [5.41, 5.74) is 0. The third-order valence-electron chi connectivity index (χ3n) is 1.14. The second-order valence-electron chi connectivity index (χ2n) is 1.94. The molecule has 1 nitrogen and oxygen atoms in total. The van der Waals surface area contributed by atoms with Gasteiger partial charge in [-0.15, -0.1) is 0 Å². The molecule has 52 valence electrons. The van der Waals surface area contributed by atoms with Gasteiger partial charge in [0.05, 0.1) is 0 Å². The fourth-order valence-electron chi connectivity index (χ4n) is 0.413. The highest BCUT2D eigenvalue weighted by Gasteiger charge is 1.77. The molecule has 0 aromatic heterocycles. The Morgan fingerprint density at radius 2 is 2.00 bits per heavy atom. The van der Waals surface area contributed by atoms with Crippen LogP contribution >= 0.6 is 0 Å². The van der Waals surface area contributed by atoms with E-state index in [1.807, 2.05) is 25.2 Å². The van der Waals surface area contributed by atoms with Crippen molar-refractivity contribution in [2.45, 2.75) is 13.8 Å². The summed E-state index contributed by atoms with van der Waals surface area (Å²) in [5.74, 6) is 0. The van der Waals surface area contributed by atoms with Crippen LogP contribution in [0.3, 0.4) is 0 Å². The highest BCUT2D eigenvalue weighted by molar-refractivity contribution is 4.99. The molecular formula is C8H15N. The van der Waals surface area contributed by atoms with E-state index < -0.39 is 0 Å². The van der Waals surface area contributed by atoms with E-state index in [-0.39, 0.29) is 0 Å². The number of nitrogens with zero attached hydrogens (tertiary/aromatic N) is 1. The first-order valence-corrected chi connectivity index (χ1v) is 3.31. The highest BCUT2D eigenvalue weighted by atomic mass is 15.1. The molecule has 0 aliphatic rings. The second-order valence-corrected chi connectivity index (χ2v) is 1.94. The van der Waals surface area contributed by atoms with Crippen LogP contribution < -0.4 is 0 Å². The third kappa shape index (κ3) is 5.15. The summed E-state index contributed by atoms with van der Waals surface area (Å²) in [7, 11) is 2.06. The first kappa shape index (κ1) is 8.28. The average molecular weight is 125 g/mol. The molecule has 0 rings (SSSR count). The molecule has 0 N–H and O–H groups in total. The summed E-state index contributed by atoms with van der Waals surface area (Å²) >= 11 is 0. The zero-order valence-corrected chi connectivity index (χ0v) is 6.46. The van der Waals surface area contributed by atoms with Crippen molar-refractivity contribution in [1.29, 1.82) is 0 Å². The summed E-state index contributed by atoms with van der Waals surface area (Å²) in [6, 6.07) is 0. The van der Waals surface area contributed by atoms with E-state index in [0.717, 1.165) is 6.54 Å². The first-order chi connectivity index (χ1) is 4.31. The van der Waals surface area contributed by atoms with Gasteiger partial charge in [-0.25, -0.2) is 0 Å².